The lowest BCUT2D eigenvalue weighted by molar-refractivity contribution is 0.0745. The molecular weight excluding hydrogens is 238 g/mol. The van der Waals surface area contributed by atoms with Gasteiger partial charge in [0, 0.05) is 18.0 Å². The summed E-state index contributed by atoms with van der Waals surface area (Å²) in [6, 6.07) is 11.4. The topological polar surface area (TPSA) is 40.5 Å². The number of benzene rings is 2. The SMILES string of the molecule is CC1CCCN1C(=O)c1ccc2ccccc2c1O. The molecule has 3 rings (SSSR count). The van der Waals surface area contributed by atoms with E-state index in [1.54, 1.807) is 6.07 Å². The van der Waals surface area contributed by atoms with E-state index >= 15 is 0 Å². The Kier molecular flexibility index (Phi) is 2.90. The molecule has 3 nitrogen and oxygen atoms in total. The number of hydrogen-bond acceptors (Lipinski definition) is 2. The number of carbonyl (C=O) groups is 1. The first-order valence-electron chi connectivity index (χ1n) is 6.70. The Labute approximate surface area is 112 Å². The maximum atomic E-state index is 12.5. The van der Waals surface area contributed by atoms with E-state index in [0.717, 1.165) is 30.2 Å². The van der Waals surface area contributed by atoms with Gasteiger partial charge in [0.15, 0.2) is 0 Å². The maximum absolute atomic E-state index is 12.5. The van der Waals surface area contributed by atoms with Gasteiger partial charge in [-0.3, -0.25) is 4.79 Å². The fraction of sp³-hybridized carbons (Fsp3) is 0.312. The number of likely N-dealkylation sites (tertiary alicyclic amines) is 1. The molecule has 0 radical (unpaired) electrons. The number of carbonyl (C=O) groups excluding carboxylic acids is 1. The van der Waals surface area contributed by atoms with Gasteiger partial charge >= 0.3 is 0 Å². The van der Waals surface area contributed by atoms with Crippen LogP contribution in [0.1, 0.15) is 30.1 Å². The molecule has 0 saturated carbocycles. The lowest BCUT2D eigenvalue weighted by atomic mass is 10.0. The van der Waals surface area contributed by atoms with E-state index in [1.807, 2.05) is 35.2 Å². The van der Waals surface area contributed by atoms with Crippen LogP contribution in [0.15, 0.2) is 36.4 Å². The Balaban J connectivity index is 2.05. The molecule has 98 valence electrons. The molecule has 1 unspecified atom stereocenters. The van der Waals surface area contributed by atoms with Crippen molar-refractivity contribution in [3.05, 3.63) is 42.0 Å². The van der Waals surface area contributed by atoms with Gasteiger partial charge in [-0.2, -0.15) is 0 Å². The molecule has 2 aromatic rings. The summed E-state index contributed by atoms with van der Waals surface area (Å²) in [6.07, 6.45) is 2.08. The number of phenolic OH excluding ortho intramolecular Hbond substituents is 1. The van der Waals surface area contributed by atoms with Crippen LogP contribution in [0, 0.1) is 0 Å². The fourth-order valence-corrected chi connectivity index (χ4v) is 2.82. The predicted octanol–water partition coefficient (Wildman–Crippen LogP) is 3.17. The van der Waals surface area contributed by atoms with E-state index in [0.29, 0.717) is 5.56 Å². The third-order valence-corrected chi connectivity index (χ3v) is 3.94. The average molecular weight is 255 g/mol. The molecule has 1 heterocycles. The molecule has 2 aromatic carbocycles. The first-order valence-corrected chi connectivity index (χ1v) is 6.70. The molecule has 1 atom stereocenters. The van der Waals surface area contributed by atoms with Crippen molar-refractivity contribution in [3.8, 4) is 5.75 Å². The Hall–Kier alpha value is -2.03. The molecule has 0 aromatic heterocycles. The predicted molar refractivity (Wildman–Crippen MR) is 75.3 cm³/mol. The molecule has 3 heteroatoms. The van der Waals surface area contributed by atoms with Crippen molar-refractivity contribution < 1.29 is 9.90 Å². The third kappa shape index (κ3) is 1.95. The van der Waals surface area contributed by atoms with Gasteiger partial charge in [-0.05, 0) is 31.2 Å². The Bertz CT molecular complexity index is 636. The molecule has 1 aliphatic heterocycles. The van der Waals surface area contributed by atoms with Gasteiger partial charge in [0.1, 0.15) is 5.75 Å². The van der Waals surface area contributed by atoms with E-state index in [4.69, 9.17) is 0 Å². The van der Waals surface area contributed by atoms with Crippen LogP contribution < -0.4 is 0 Å². The normalized spacial score (nSPS) is 19.0. The number of nitrogens with zero attached hydrogens (tertiary/aromatic N) is 1. The van der Waals surface area contributed by atoms with Crippen LogP contribution in [0.25, 0.3) is 10.8 Å². The van der Waals surface area contributed by atoms with Crippen molar-refractivity contribution in [3.63, 3.8) is 0 Å². The second-order valence-electron chi connectivity index (χ2n) is 5.17. The number of aromatic hydroxyl groups is 1. The number of phenols is 1. The highest BCUT2D eigenvalue weighted by Crippen LogP contribution is 2.31. The second-order valence-corrected chi connectivity index (χ2v) is 5.17. The van der Waals surface area contributed by atoms with Crippen LogP contribution in [0.4, 0.5) is 0 Å². The summed E-state index contributed by atoms with van der Waals surface area (Å²) in [7, 11) is 0. The van der Waals surface area contributed by atoms with Crippen molar-refractivity contribution in [2.24, 2.45) is 0 Å². The lowest BCUT2D eigenvalue weighted by Crippen LogP contribution is -2.33. The third-order valence-electron chi connectivity index (χ3n) is 3.94. The smallest absolute Gasteiger partial charge is 0.257 e. The molecule has 1 aliphatic rings. The minimum absolute atomic E-state index is 0.0618. The van der Waals surface area contributed by atoms with Crippen LogP contribution in [-0.2, 0) is 0 Å². The van der Waals surface area contributed by atoms with Gasteiger partial charge < -0.3 is 10.0 Å². The summed E-state index contributed by atoms with van der Waals surface area (Å²) in [6.45, 7) is 2.84. The van der Waals surface area contributed by atoms with E-state index < -0.39 is 0 Å². The van der Waals surface area contributed by atoms with Gasteiger partial charge in [-0.15, -0.1) is 0 Å². The maximum Gasteiger partial charge on any atom is 0.257 e. The largest absolute Gasteiger partial charge is 0.506 e. The van der Waals surface area contributed by atoms with Crippen molar-refractivity contribution >= 4 is 16.7 Å². The van der Waals surface area contributed by atoms with E-state index in [9.17, 15) is 9.90 Å². The van der Waals surface area contributed by atoms with Gasteiger partial charge in [0.2, 0.25) is 0 Å². The molecule has 0 aliphatic carbocycles. The summed E-state index contributed by atoms with van der Waals surface area (Å²) in [5, 5.41) is 12.0. The molecule has 0 bridgehead atoms. The minimum Gasteiger partial charge on any atom is -0.506 e. The molecule has 1 amide bonds. The van der Waals surface area contributed by atoms with E-state index in [-0.39, 0.29) is 17.7 Å². The molecule has 1 saturated heterocycles. The number of rotatable bonds is 1. The fourth-order valence-electron chi connectivity index (χ4n) is 2.82. The zero-order valence-electron chi connectivity index (χ0n) is 11.0. The minimum atomic E-state index is -0.0618. The highest BCUT2D eigenvalue weighted by Gasteiger charge is 2.27. The highest BCUT2D eigenvalue weighted by molar-refractivity contribution is 6.03. The van der Waals surface area contributed by atoms with Crippen LogP contribution in [0.3, 0.4) is 0 Å². The standard InChI is InChI=1S/C16H17NO2/c1-11-5-4-10-17(11)16(19)14-9-8-12-6-2-3-7-13(12)15(14)18/h2-3,6-9,11,18H,4-5,10H2,1H3. The number of fused-ring (bicyclic) bond motifs is 1. The summed E-state index contributed by atoms with van der Waals surface area (Å²) in [5.74, 6) is 0.0375. The van der Waals surface area contributed by atoms with Crippen molar-refractivity contribution in [2.75, 3.05) is 6.54 Å². The van der Waals surface area contributed by atoms with Crippen molar-refractivity contribution in [1.82, 2.24) is 4.90 Å². The summed E-state index contributed by atoms with van der Waals surface area (Å²) < 4.78 is 0. The second kappa shape index (κ2) is 4.57. The highest BCUT2D eigenvalue weighted by atomic mass is 16.3. The first-order chi connectivity index (χ1) is 9.18. The Morgan fingerprint density at radius 2 is 2.05 bits per heavy atom. The van der Waals surface area contributed by atoms with Crippen LogP contribution in [0.2, 0.25) is 0 Å². The van der Waals surface area contributed by atoms with Crippen molar-refractivity contribution in [2.45, 2.75) is 25.8 Å². The average Bonchev–Trinajstić information content (AvgIpc) is 2.85. The molecular formula is C16H17NO2. The van der Waals surface area contributed by atoms with Gasteiger partial charge in [0.25, 0.3) is 5.91 Å². The Morgan fingerprint density at radius 1 is 1.26 bits per heavy atom. The summed E-state index contributed by atoms with van der Waals surface area (Å²) in [5.41, 5.74) is 0.410. The van der Waals surface area contributed by atoms with Crippen molar-refractivity contribution in [1.29, 1.82) is 0 Å². The lowest BCUT2D eigenvalue weighted by Gasteiger charge is -2.22. The quantitative estimate of drug-likeness (QED) is 0.850. The summed E-state index contributed by atoms with van der Waals surface area (Å²) >= 11 is 0. The summed E-state index contributed by atoms with van der Waals surface area (Å²) in [4.78, 5) is 14.3. The molecule has 1 fully saturated rings. The van der Waals surface area contributed by atoms with Gasteiger partial charge in [-0.25, -0.2) is 0 Å². The zero-order chi connectivity index (χ0) is 13.4. The van der Waals surface area contributed by atoms with Gasteiger partial charge in [-0.1, -0.05) is 30.3 Å². The number of amides is 1. The molecule has 0 spiro atoms. The van der Waals surface area contributed by atoms with Crippen LogP contribution in [-0.4, -0.2) is 28.5 Å². The van der Waals surface area contributed by atoms with Gasteiger partial charge in [0.05, 0.1) is 5.56 Å². The van der Waals surface area contributed by atoms with E-state index in [1.165, 1.54) is 0 Å². The zero-order valence-corrected chi connectivity index (χ0v) is 11.0. The van der Waals surface area contributed by atoms with E-state index in [2.05, 4.69) is 6.92 Å². The van der Waals surface area contributed by atoms with Crippen LogP contribution in [0.5, 0.6) is 5.75 Å². The number of hydrogen-bond donors (Lipinski definition) is 1. The monoisotopic (exact) mass is 255 g/mol. The Morgan fingerprint density at radius 3 is 2.79 bits per heavy atom. The molecule has 1 N–H and O–H groups in total. The molecule has 19 heavy (non-hydrogen) atoms. The van der Waals surface area contributed by atoms with Crippen LogP contribution >= 0.6 is 0 Å². The first kappa shape index (κ1) is 12.0.